The summed E-state index contributed by atoms with van der Waals surface area (Å²) in [6.45, 7) is 13.7. The molecule has 1 saturated heterocycles. The normalized spacial score (nSPS) is 15.1. The molecule has 4 aromatic rings. The van der Waals surface area contributed by atoms with E-state index in [-0.39, 0.29) is 11.4 Å². The molecular weight excluding hydrogens is 452 g/mol. The maximum absolute atomic E-state index is 13.1. The summed E-state index contributed by atoms with van der Waals surface area (Å²) in [5, 5.41) is 17.6. The van der Waals surface area contributed by atoms with Gasteiger partial charge in [0.25, 0.3) is 0 Å². The van der Waals surface area contributed by atoms with Crippen LogP contribution in [0.3, 0.4) is 0 Å². The third-order valence-corrected chi connectivity index (χ3v) is 7.55. The highest BCUT2D eigenvalue weighted by Gasteiger charge is 2.32. The molecule has 0 bridgehead atoms. The molecule has 3 aromatic heterocycles. The van der Waals surface area contributed by atoms with Gasteiger partial charge < -0.3 is 4.90 Å². The number of fused-ring (bicyclic) bond motifs is 1. The van der Waals surface area contributed by atoms with Gasteiger partial charge in [0.1, 0.15) is 0 Å². The van der Waals surface area contributed by atoms with Crippen LogP contribution >= 0.6 is 0 Å². The van der Waals surface area contributed by atoms with E-state index in [1.807, 2.05) is 42.5 Å². The molecule has 9 nitrogen and oxygen atoms in total. The number of hydrogen-bond acceptors (Lipinski definition) is 6. The fourth-order valence-electron chi connectivity index (χ4n) is 5.19. The van der Waals surface area contributed by atoms with E-state index in [4.69, 9.17) is 5.10 Å². The van der Waals surface area contributed by atoms with Crippen LogP contribution in [-0.4, -0.2) is 71.5 Å². The summed E-state index contributed by atoms with van der Waals surface area (Å²) in [6, 6.07) is 14.4. The van der Waals surface area contributed by atoms with E-state index in [0.717, 1.165) is 49.0 Å². The van der Waals surface area contributed by atoms with Crippen LogP contribution in [0.4, 0.5) is 0 Å². The molecule has 0 atom stereocenters. The van der Waals surface area contributed by atoms with Crippen molar-refractivity contribution in [3.63, 3.8) is 0 Å². The van der Waals surface area contributed by atoms with Gasteiger partial charge in [-0.1, -0.05) is 30.3 Å². The van der Waals surface area contributed by atoms with Gasteiger partial charge in [-0.15, -0.1) is 15.3 Å². The summed E-state index contributed by atoms with van der Waals surface area (Å²) in [7, 11) is 0. The molecule has 188 valence electrons. The molecule has 1 fully saturated rings. The molecule has 36 heavy (non-hydrogen) atoms. The lowest BCUT2D eigenvalue weighted by atomic mass is 9.91. The second-order valence-corrected chi connectivity index (χ2v) is 10.1. The molecule has 0 saturated carbocycles. The van der Waals surface area contributed by atoms with Crippen LogP contribution in [0.15, 0.2) is 42.5 Å². The number of hydrogen-bond donors (Lipinski definition) is 0. The number of aromatic nitrogens is 6. The van der Waals surface area contributed by atoms with Gasteiger partial charge in [-0.3, -0.25) is 9.69 Å². The molecule has 4 heterocycles. The van der Waals surface area contributed by atoms with Crippen LogP contribution < -0.4 is 0 Å². The van der Waals surface area contributed by atoms with E-state index in [2.05, 4.69) is 64.4 Å². The van der Waals surface area contributed by atoms with Gasteiger partial charge in [-0.25, -0.2) is 4.68 Å². The van der Waals surface area contributed by atoms with E-state index in [1.54, 1.807) is 4.52 Å². The second kappa shape index (κ2) is 9.46. The number of benzene rings is 1. The molecule has 0 radical (unpaired) electrons. The van der Waals surface area contributed by atoms with Crippen molar-refractivity contribution in [2.75, 3.05) is 26.2 Å². The SMILES string of the molecule is Cc1nn(-c2ccc3nnc(C)n3n2)c(C)c1CCC(=O)N1CCN(C(C)(C)c2ccccc2)CC1. The molecule has 0 unspecified atom stereocenters. The zero-order valence-electron chi connectivity index (χ0n) is 21.8. The van der Waals surface area contributed by atoms with E-state index >= 15 is 0 Å². The fraction of sp³-hybridized carbons (Fsp3) is 0.444. The largest absolute Gasteiger partial charge is 0.340 e. The van der Waals surface area contributed by atoms with Gasteiger partial charge in [0, 0.05) is 43.8 Å². The average Bonchev–Trinajstić information content (AvgIpc) is 3.41. The van der Waals surface area contributed by atoms with Crippen LogP contribution in [0, 0.1) is 20.8 Å². The van der Waals surface area contributed by atoms with Gasteiger partial charge in [-0.2, -0.15) is 9.61 Å². The maximum atomic E-state index is 13.1. The van der Waals surface area contributed by atoms with Crippen molar-refractivity contribution in [1.29, 1.82) is 0 Å². The second-order valence-electron chi connectivity index (χ2n) is 10.1. The van der Waals surface area contributed by atoms with Crippen molar-refractivity contribution in [1.82, 2.24) is 39.4 Å². The molecule has 9 heteroatoms. The highest BCUT2D eigenvalue weighted by atomic mass is 16.2. The van der Waals surface area contributed by atoms with Crippen molar-refractivity contribution >= 4 is 11.6 Å². The molecule has 0 N–H and O–H groups in total. The van der Waals surface area contributed by atoms with Crippen LogP contribution in [0.25, 0.3) is 11.5 Å². The van der Waals surface area contributed by atoms with Crippen LogP contribution in [0.1, 0.15) is 48.6 Å². The number of nitrogens with zero attached hydrogens (tertiary/aromatic N) is 8. The third-order valence-electron chi connectivity index (χ3n) is 7.55. The highest BCUT2D eigenvalue weighted by Crippen LogP contribution is 2.29. The molecule has 1 aliphatic heterocycles. The maximum Gasteiger partial charge on any atom is 0.222 e. The molecule has 1 aromatic carbocycles. The summed E-state index contributed by atoms with van der Waals surface area (Å²) in [4.78, 5) is 17.6. The third kappa shape index (κ3) is 4.39. The zero-order chi connectivity index (χ0) is 25.4. The summed E-state index contributed by atoms with van der Waals surface area (Å²) < 4.78 is 3.56. The quantitative estimate of drug-likeness (QED) is 0.416. The lowest BCUT2D eigenvalue weighted by Gasteiger charge is -2.44. The average molecular weight is 487 g/mol. The predicted molar refractivity (Wildman–Crippen MR) is 138 cm³/mol. The van der Waals surface area contributed by atoms with E-state index in [1.165, 1.54) is 5.56 Å². The number of carbonyl (C=O) groups excluding carboxylic acids is 1. The first-order chi connectivity index (χ1) is 17.3. The Labute approximate surface area is 211 Å². The Kier molecular flexibility index (Phi) is 6.34. The molecule has 1 amide bonds. The fourth-order valence-corrected chi connectivity index (χ4v) is 5.19. The molecule has 0 spiro atoms. The van der Waals surface area contributed by atoms with Crippen molar-refractivity contribution in [2.45, 2.75) is 53.0 Å². The Balaban J connectivity index is 1.22. The topological polar surface area (TPSA) is 84.4 Å². The molecule has 0 aliphatic carbocycles. The number of aryl methyl sites for hydroxylation is 2. The Hall–Kier alpha value is -3.59. The minimum Gasteiger partial charge on any atom is -0.340 e. The minimum absolute atomic E-state index is 0.0540. The predicted octanol–water partition coefficient (Wildman–Crippen LogP) is 3.25. The van der Waals surface area contributed by atoms with Crippen molar-refractivity contribution in [2.24, 2.45) is 0 Å². The number of rotatable bonds is 6. The monoisotopic (exact) mass is 486 g/mol. The first-order valence-electron chi connectivity index (χ1n) is 12.6. The van der Waals surface area contributed by atoms with Crippen molar-refractivity contribution in [3.8, 4) is 5.82 Å². The highest BCUT2D eigenvalue weighted by molar-refractivity contribution is 5.76. The first kappa shape index (κ1) is 24.1. The van der Waals surface area contributed by atoms with Crippen LogP contribution in [0.5, 0.6) is 0 Å². The summed E-state index contributed by atoms with van der Waals surface area (Å²) in [5.41, 5.74) is 5.00. The standard InChI is InChI=1S/C27H34N8O/c1-19-23(20(2)34(30-19)25-13-12-24-29-28-21(3)35(24)31-25)11-14-26(36)32-15-17-33(18-16-32)27(4,5)22-9-7-6-8-10-22/h6-10,12-13H,11,14-18H2,1-5H3. The van der Waals surface area contributed by atoms with Gasteiger partial charge in [0.2, 0.25) is 5.91 Å². The lowest BCUT2D eigenvalue weighted by Crippen LogP contribution is -2.54. The minimum atomic E-state index is -0.0540. The molecule has 5 rings (SSSR count). The Morgan fingerprint density at radius 2 is 1.64 bits per heavy atom. The van der Waals surface area contributed by atoms with E-state index in [9.17, 15) is 4.79 Å². The van der Waals surface area contributed by atoms with E-state index in [0.29, 0.717) is 24.3 Å². The van der Waals surface area contributed by atoms with Gasteiger partial charge in [-0.05, 0) is 64.3 Å². The summed E-state index contributed by atoms with van der Waals surface area (Å²) in [6.07, 6.45) is 1.15. The Morgan fingerprint density at radius 3 is 2.36 bits per heavy atom. The number of piperazine rings is 1. The Bertz CT molecular complexity index is 1380. The zero-order valence-corrected chi connectivity index (χ0v) is 21.8. The molecule has 1 aliphatic rings. The van der Waals surface area contributed by atoms with Crippen molar-refractivity contribution in [3.05, 3.63) is 70.8 Å². The van der Waals surface area contributed by atoms with Gasteiger partial charge >= 0.3 is 0 Å². The number of carbonyl (C=O) groups is 1. The van der Waals surface area contributed by atoms with Gasteiger partial charge in [0.15, 0.2) is 17.3 Å². The van der Waals surface area contributed by atoms with Gasteiger partial charge in [0.05, 0.1) is 5.69 Å². The summed E-state index contributed by atoms with van der Waals surface area (Å²) in [5.74, 6) is 1.64. The Morgan fingerprint density at radius 1 is 0.917 bits per heavy atom. The van der Waals surface area contributed by atoms with Crippen LogP contribution in [-0.2, 0) is 16.8 Å². The first-order valence-corrected chi connectivity index (χ1v) is 12.6. The summed E-state index contributed by atoms with van der Waals surface area (Å²) >= 11 is 0. The van der Waals surface area contributed by atoms with Crippen LogP contribution in [0.2, 0.25) is 0 Å². The molecular formula is C27H34N8O. The van der Waals surface area contributed by atoms with Crippen molar-refractivity contribution < 1.29 is 4.79 Å². The lowest BCUT2D eigenvalue weighted by molar-refractivity contribution is -0.133. The number of amides is 1. The van der Waals surface area contributed by atoms with E-state index < -0.39 is 0 Å². The smallest absolute Gasteiger partial charge is 0.222 e.